The fourth-order valence-corrected chi connectivity index (χ4v) is 2.77. The van der Waals surface area contributed by atoms with Gasteiger partial charge >= 0.3 is 0 Å². The molecule has 7 heteroatoms. The summed E-state index contributed by atoms with van der Waals surface area (Å²) in [5.74, 6) is 0.634. The molecule has 4 N–H and O–H groups in total. The van der Waals surface area contributed by atoms with Crippen LogP contribution in [0.25, 0.3) is 0 Å². The Morgan fingerprint density at radius 3 is 2.21 bits per heavy atom. The summed E-state index contributed by atoms with van der Waals surface area (Å²) in [6, 6.07) is 17.4. The van der Waals surface area contributed by atoms with E-state index in [1.54, 1.807) is 0 Å². The number of nitrogens with zero attached hydrogens (tertiary/aromatic N) is 1. The molecule has 6 nitrogen and oxygen atoms in total. The molecule has 2 aromatic carbocycles. The van der Waals surface area contributed by atoms with Gasteiger partial charge in [0.2, 0.25) is 0 Å². The molecule has 1 unspecified atom stereocenters. The van der Waals surface area contributed by atoms with Crippen molar-refractivity contribution in [3.8, 4) is 0 Å². The molecule has 0 radical (unpaired) electrons. The normalized spacial score (nSPS) is 11.9. The van der Waals surface area contributed by atoms with E-state index < -0.39 is 0 Å². The Balaban J connectivity index is 0.00000420. The highest BCUT2D eigenvalue weighted by Gasteiger charge is 2.11. The second kappa shape index (κ2) is 13.9. The Labute approximate surface area is 190 Å². The molecule has 0 fully saturated rings. The first-order chi connectivity index (χ1) is 13.7. The Morgan fingerprint density at radius 2 is 1.62 bits per heavy atom. The first-order valence-corrected chi connectivity index (χ1v) is 9.73. The monoisotopic (exact) mass is 510 g/mol. The molecule has 0 saturated heterocycles. The van der Waals surface area contributed by atoms with E-state index in [0.29, 0.717) is 31.2 Å². The molecule has 0 spiro atoms. The van der Waals surface area contributed by atoms with Gasteiger partial charge in [-0.05, 0) is 37.1 Å². The van der Waals surface area contributed by atoms with Gasteiger partial charge in [-0.1, -0.05) is 42.5 Å². The number of nitrogens with one attached hydrogen (secondary N) is 3. The highest BCUT2D eigenvalue weighted by molar-refractivity contribution is 14.0. The van der Waals surface area contributed by atoms with Gasteiger partial charge in [0.1, 0.15) is 0 Å². The summed E-state index contributed by atoms with van der Waals surface area (Å²) in [6.45, 7) is 6.42. The van der Waals surface area contributed by atoms with Gasteiger partial charge in [0.15, 0.2) is 5.96 Å². The van der Waals surface area contributed by atoms with E-state index >= 15 is 0 Å². The van der Waals surface area contributed by atoms with Crippen LogP contribution in [-0.4, -0.2) is 43.2 Å². The number of hydrogen-bond donors (Lipinski definition) is 4. The fourth-order valence-electron chi connectivity index (χ4n) is 2.77. The highest BCUT2D eigenvalue weighted by atomic mass is 127. The second-order valence-electron chi connectivity index (χ2n) is 6.42. The number of guanidine groups is 1. The first kappa shape index (κ1) is 24.9. The van der Waals surface area contributed by atoms with Crippen LogP contribution in [0.1, 0.15) is 41.3 Å². The van der Waals surface area contributed by atoms with Crippen LogP contribution in [0, 0.1) is 0 Å². The zero-order valence-corrected chi connectivity index (χ0v) is 19.4. The van der Waals surface area contributed by atoms with Gasteiger partial charge in [0, 0.05) is 31.1 Å². The Morgan fingerprint density at radius 1 is 0.966 bits per heavy atom. The van der Waals surface area contributed by atoms with Gasteiger partial charge in [-0.15, -0.1) is 24.0 Å². The number of benzene rings is 2. The molecule has 0 saturated carbocycles. The maximum atomic E-state index is 11.8. The molecule has 2 rings (SSSR count). The van der Waals surface area contributed by atoms with Crippen molar-refractivity contribution in [1.29, 1.82) is 0 Å². The number of carbonyl (C=O) groups excluding carboxylic acids is 1. The van der Waals surface area contributed by atoms with E-state index in [0.717, 1.165) is 17.7 Å². The summed E-state index contributed by atoms with van der Waals surface area (Å²) in [7, 11) is 0. The number of carbonyl (C=O) groups is 1. The van der Waals surface area contributed by atoms with E-state index in [1.807, 2.05) is 68.4 Å². The molecular formula is C22H31IN4O2. The van der Waals surface area contributed by atoms with Crippen LogP contribution in [0.4, 0.5) is 0 Å². The number of rotatable bonds is 9. The van der Waals surface area contributed by atoms with Crippen LogP contribution in [0.2, 0.25) is 0 Å². The van der Waals surface area contributed by atoms with E-state index in [9.17, 15) is 9.90 Å². The molecule has 1 atom stereocenters. The summed E-state index contributed by atoms with van der Waals surface area (Å²) in [6.07, 6.45) is 0. The topological polar surface area (TPSA) is 85.8 Å². The van der Waals surface area contributed by atoms with Crippen molar-refractivity contribution in [3.05, 3.63) is 71.3 Å². The third kappa shape index (κ3) is 8.41. The Bertz CT molecular complexity index is 751. The van der Waals surface area contributed by atoms with Crippen molar-refractivity contribution in [3.63, 3.8) is 0 Å². The Kier molecular flexibility index (Phi) is 12.0. The van der Waals surface area contributed by atoms with E-state index in [-0.39, 0.29) is 42.4 Å². The van der Waals surface area contributed by atoms with E-state index in [1.165, 1.54) is 0 Å². The fraction of sp³-hybridized carbons (Fsp3) is 0.364. The summed E-state index contributed by atoms with van der Waals surface area (Å²) < 4.78 is 0. The minimum atomic E-state index is -0.0662. The molecule has 0 aromatic heterocycles. The van der Waals surface area contributed by atoms with Gasteiger partial charge in [-0.25, -0.2) is 4.99 Å². The molecule has 0 aliphatic carbocycles. The Hall–Kier alpha value is -2.13. The first-order valence-electron chi connectivity index (χ1n) is 9.73. The van der Waals surface area contributed by atoms with Crippen LogP contribution >= 0.6 is 24.0 Å². The van der Waals surface area contributed by atoms with Gasteiger partial charge in [-0.3, -0.25) is 4.79 Å². The summed E-state index contributed by atoms with van der Waals surface area (Å²) >= 11 is 0. The number of aliphatic hydroxyl groups excluding tert-OH is 1. The average molecular weight is 510 g/mol. The molecule has 0 aliphatic rings. The molecule has 1 amide bonds. The minimum Gasteiger partial charge on any atom is -0.396 e. The zero-order chi connectivity index (χ0) is 20.2. The lowest BCUT2D eigenvalue weighted by Gasteiger charge is -2.18. The van der Waals surface area contributed by atoms with Crippen LogP contribution in [0.5, 0.6) is 0 Å². The van der Waals surface area contributed by atoms with Gasteiger partial charge in [-0.2, -0.15) is 0 Å². The van der Waals surface area contributed by atoms with Crippen molar-refractivity contribution < 1.29 is 9.90 Å². The number of hydrogen-bond acceptors (Lipinski definition) is 3. The molecule has 2 aromatic rings. The lowest BCUT2D eigenvalue weighted by Crippen LogP contribution is -2.39. The maximum absolute atomic E-state index is 11.8. The smallest absolute Gasteiger partial charge is 0.251 e. The quantitative estimate of drug-likeness (QED) is 0.238. The largest absolute Gasteiger partial charge is 0.396 e. The predicted molar refractivity (Wildman–Crippen MR) is 129 cm³/mol. The third-order valence-corrected chi connectivity index (χ3v) is 4.32. The van der Waals surface area contributed by atoms with Crippen LogP contribution in [0.15, 0.2) is 59.6 Å². The molecule has 0 bridgehead atoms. The van der Waals surface area contributed by atoms with Gasteiger partial charge < -0.3 is 21.1 Å². The molecular weight excluding hydrogens is 479 g/mol. The zero-order valence-electron chi connectivity index (χ0n) is 17.0. The van der Waals surface area contributed by atoms with E-state index in [2.05, 4.69) is 20.9 Å². The predicted octanol–water partition coefficient (Wildman–Crippen LogP) is 2.89. The lowest BCUT2D eigenvalue weighted by molar-refractivity contribution is 0.0956. The van der Waals surface area contributed by atoms with Crippen molar-refractivity contribution in [2.75, 3.05) is 26.2 Å². The summed E-state index contributed by atoms with van der Waals surface area (Å²) in [5.41, 5.74) is 2.76. The minimum absolute atomic E-state index is 0. The molecule has 0 aliphatic heterocycles. The highest BCUT2D eigenvalue weighted by Crippen LogP contribution is 2.13. The molecule has 0 heterocycles. The van der Waals surface area contributed by atoms with Gasteiger partial charge in [0.05, 0.1) is 13.2 Å². The van der Waals surface area contributed by atoms with Gasteiger partial charge in [0.25, 0.3) is 5.91 Å². The summed E-state index contributed by atoms with van der Waals surface area (Å²) in [4.78, 5) is 16.4. The number of halogens is 1. The number of amides is 1. The SMILES string of the molecule is CCNC(=O)c1ccc(CN=C(NCC)NCC(CO)c2ccccc2)cc1.I. The van der Waals surface area contributed by atoms with Crippen LogP contribution in [0.3, 0.4) is 0 Å². The number of aliphatic imine (C=N–C) groups is 1. The van der Waals surface area contributed by atoms with E-state index in [4.69, 9.17) is 0 Å². The van der Waals surface area contributed by atoms with Crippen LogP contribution in [-0.2, 0) is 6.54 Å². The maximum Gasteiger partial charge on any atom is 0.251 e. The van der Waals surface area contributed by atoms with Crippen LogP contribution < -0.4 is 16.0 Å². The van der Waals surface area contributed by atoms with Crippen molar-refractivity contribution >= 4 is 35.8 Å². The van der Waals surface area contributed by atoms with Crippen molar-refractivity contribution in [2.24, 2.45) is 4.99 Å². The number of aliphatic hydroxyl groups is 1. The second-order valence-corrected chi connectivity index (χ2v) is 6.42. The average Bonchev–Trinajstić information content (AvgIpc) is 2.73. The van der Waals surface area contributed by atoms with Crippen molar-refractivity contribution in [1.82, 2.24) is 16.0 Å². The third-order valence-electron chi connectivity index (χ3n) is 4.32. The van der Waals surface area contributed by atoms with Crippen molar-refractivity contribution in [2.45, 2.75) is 26.3 Å². The standard InChI is InChI=1S/C22H30N4O2.HI/c1-3-23-21(28)19-12-10-17(11-13-19)14-25-22(24-4-2)26-15-20(16-27)18-8-6-5-7-9-18;/h5-13,20,27H,3-4,14-16H2,1-2H3,(H,23,28)(H2,24,25,26);1H. The molecule has 29 heavy (non-hydrogen) atoms. The molecule has 158 valence electrons. The lowest BCUT2D eigenvalue weighted by atomic mass is 10.0. The summed E-state index contributed by atoms with van der Waals surface area (Å²) in [5, 5.41) is 19.0.